The van der Waals surface area contributed by atoms with E-state index in [2.05, 4.69) is 15.4 Å². The Bertz CT molecular complexity index is 749. The van der Waals surface area contributed by atoms with Crippen molar-refractivity contribution >= 4 is 5.91 Å². The first-order valence-electron chi connectivity index (χ1n) is 8.11. The van der Waals surface area contributed by atoms with Crippen molar-refractivity contribution in [3.63, 3.8) is 0 Å². The minimum atomic E-state index is -0.256. The molecule has 0 unspecified atom stereocenters. The van der Waals surface area contributed by atoms with E-state index in [1.165, 1.54) is 0 Å². The summed E-state index contributed by atoms with van der Waals surface area (Å²) in [5, 5.41) is 7.02. The summed E-state index contributed by atoms with van der Waals surface area (Å²) in [5.74, 6) is 2.00. The molecular weight excluding hydrogens is 312 g/mol. The van der Waals surface area contributed by atoms with Crippen molar-refractivity contribution in [1.29, 1.82) is 0 Å². The van der Waals surface area contributed by atoms with Crippen molar-refractivity contribution < 1.29 is 18.7 Å². The molecule has 24 heavy (non-hydrogen) atoms. The number of aromatic nitrogens is 3. The molecule has 0 aromatic carbocycles. The Morgan fingerprint density at radius 1 is 1.42 bits per heavy atom. The smallest absolute Gasteiger partial charge is 0.273 e. The van der Waals surface area contributed by atoms with Gasteiger partial charge >= 0.3 is 0 Å². The molecule has 128 valence electrons. The number of nitrogens with zero attached hydrogens (tertiary/aromatic N) is 3. The normalized spacial score (nSPS) is 23.4. The molecule has 8 nitrogen and oxygen atoms in total. The van der Waals surface area contributed by atoms with E-state index in [4.69, 9.17) is 13.9 Å². The van der Waals surface area contributed by atoms with Gasteiger partial charge in [-0.2, -0.15) is 5.10 Å². The maximum absolute atomic E-state index is 12.5. The summed E-state index contributed by atoms with van der Waals surface area (Å²) in [7, 11) is 1.82. The Morgan fingerprint density at radius 3 is 2.96 bits per heavy atom. The van der Waals surface area contributed by atoms with Gasteiger partial charge in [-0.25, -0.2) is 4.98 Å². The summed E-state index contributed by atoms with van der Waals surface area (Å²) in [6, 6.07) is -0.238. The zero-order valence-corrected chi connectivity index (χ0v) is 13.7. The van der Waals surface area contributed by atoms with Gasteiger partial charge in [0.1, 0.15) is 11.9 Å². The van der Waals surface area contributed by atoms with E-state index in [1.54, 1.807) is 24.0 Å². The van der Waals surface area contributed by atoms with Crippen LogP contribution in [0.1, 0.15) is 40.9 Å². The predicted octanol–water partition coefficient (Wildman–Crippen LogP) is 1.17. The molecule has 2 aliphatic rings. The van der Waals surface area contributed by atoms with Crippen molar-refractivity contribution in [1.82, 2.24) is 20.1 Å². The maximum Gasteiger partial charge on any atom is 0.273 e. The SMILES string of the molecule is Cc1oc(C2CC2)nc1C(=O)N[C@H]1COC[C@H]1Oc1cnn(C)c1. The molecule has 2 fully saturated rings. The van der Waals surface area contributed by atoms with Gasteiger partial charge in [-0.05, 0) is 19.8 Å². The largest absolute Gasteiger partial charge is 0.482 e. The van der Waals surface area contributed by atoms with Gasteiger partial charge in [0.15, 0.2) is 17.3 Å². The molecule has 1 aliphatic heterocycles. The van der Waals surface area contributed by atoms with Gasteiger partial charge in [-0.15, -0.1) is 0 Å². The molecule has 2 aromatic heterocycles. The number of nitrogens with one attached hydrogen (secondary N) is 1. The molecule has 1 saturated heterocycles. The number of oxazole rings is 1. The van der Waals surface area contributed by atoms with Crippen molar-refractivity contribution in [2.75, 3.05) is 13.2 Å². The first-order chi connectivity index (χ1) is 11.6. The predicted molar refractivity (Wildman–Crippen MR) is 82.9 cm³/mol. The first kappa shape index (κ1) is 15.2. The van der Waals surface area contributed by atoms with Gasteiger partial charge in [0, 0.05) is 13.0 Å². The summed E-state index contributed by atoms with van der Waals surface area (Å²) >= 11 is 0. The maximum atomic E-state index is 12.5. The number of hydrogen-bond acceptors (Lipinski definition) is 6. The Morgan fingerprint density at radius 2 is 2.25 bits per heavy atom. The Kier molecular flexibility index (Phi) is 3.76. The van der Waals surface area contributed by atoms with Gasteiger partial charge in [0.2, 0.25) is 0 Å². The minimum Gasteiger partial charge on any atom is -0.482 e. The molecule has 1 aliphatic carbocycles. The van der Waals surface area contributed by atoms with Crippen molar-refractivity contribution in [3.8, 4) is 5.75 Å². The van der Waals surface area contributed by atoms with E-state index in [0.717, 1.165) is 12.8 Å². The second-order valence-corrected chi connectivity index (χ2v) is 6.35. The van der Waals surface area contributed by atoms with E-state index in [-0.39, 0.29) is 18.1 Å². The van der Waals surface area contributed by atoms with E-state index >= 15 is 0 Å². The molecular formula is C16H20N4O4. The van der Waals surface area contributed by atoms with Crippen LogP contribution in [0.15, 0.2) is 16.8 Å². The van der Waals surface area contributed by atoms with Gasteiger partial charge < -0.3 is 19.2 Å². The molecule has 4 rings (SSSR count). The highest BCUT2D eigenvalue weighted by Gasteiger charge is 2.34. The monoisotopic (exact) mass is 332 g/mol. The van der Waals surface area contributed by atoms with Crippen LogP contribution in [-0.4, -0.2) is 46.0 Å². The third-order valence-electron chi connectivity index (χ3n) is 4.27. The van der Waals surface area contributed by atoms with E-state index < -0.39 is 0 Å². The Hall–Kier alpha value is -2.35. The van der Waals surface area contributed by atoms with Crippen LogP contribution in [0, 0.1) is 6.92 Å². The second-order valence-electron chi connectivity index (χ2n) is 6.35. The highest BCUT2D eigenvalue weighted by molar-refractivity contribution is 5.93. The molecule has 1 saturated carbocycles. The molecule has 0 radical (unpaired) electrons. The van der Waals surface area contributed by atoms with Crippen molar-refractivity contribution in [2.24, 2.45) is 7.05 Å². The molecule has 1 amide bonds. The van der Waals surface area contributed by atoms with Gasteiger partial charge in [-0.1, -0.05) is 0 Å². The molecule has 2 aromatic rings. The number of carbonyl (C=O) groups is 1. The van der Waals surface area contributed by atoms with Crippen LogP contribution < -0.4 is 10.1 Å². The fourth-order valence-corrected chi connectivity index (χ4v) is 2.79. The van der Waals surface area contributed by atoms with Gasteiger partial charge in [0.25, 0.3) is 5.91 Å². The lowest BCUT2D eigenvalue weighted by atomic mass is 10.2. The van der Waals surface area contributed by atoms with Crippen LogP contribution in [0.4, 0.5) is 0 Å². The van der Waals surface area contributed by atoms with Gasteiger partial charge in [-0.3, -0.25) is 9.48 Å². The van der Waals surface area contributed by atoms with E-state index in [0.29, 0.717) is 42.2 Å². The minimum absolute atomic E-state index is 0.238. The average Bonchev–Trinajstić information content (AvgIpc) is 3.00. The fourth-order valence-electron chi connectivity index (χ4n) is 2.79. The van der Waals surface area contributed by atoms with Crippen LogP contribution in [0.25, 0.3) is 0 Å². The third-order valence-corrected chi connectivity index (χ3v) is 4.27. The zero-order valence-electron chi connectivity index (χ0n) is 13.7. The third kappa shape index (κ3) is 3.01. The van der Waals surface area contributed by atoms with Crippen LogP contribution in [0.2, 0.25) is 0 Å². The van der Waals surface area contributed by atoms with Crippen LogP contribution in [0.5, 0.6) is 5.75 Å². The summed E-state index contributed by atoms with van der Waals surface area (Å²) in [6.07, 6.45) is 5.33. The van der Waals surface area contributed by atoms with Crippen molar-refractivity contribution in [3.05, 3.63) is 29.7 Å². The summed E-state index contributed by atoms with van der Waals surface area (Å²) in [5.41, 5.74) is 0.351. The summed E-state index contributed by atoms with van der Waals surface area (Å²) < 4.78 is 18.6. The zero-order chi connectivity index (χ0) is 16.7. The quantitative estimate of drug-likeness (QED) is 0.884. The van der Waals surface area contributed by atoms with Crippen LogP contribution in [0.3, 0.4) is 0 Å². The highest BCUT2D eigenvalue weighted by atomic mass is 16.5. The molecule has 2 atom stereocenters. The number of aryl methyl sites for hydroxylation is 2. The number of ether oxygens (including phenoxy) is 2. The first-order valence-corrected chi connectivity index (χ1v) is 8.11. The fraction of sp³-hybridized carbons (Fsp3) is 0.562. The number of hydrogen-bond donors (Lipinski definition) is 1. The Labute approximate surface area is 139 Å². The van der Waals surface area contributed by atoms with Gasteiger partial charge in [0.05, 0.1) is 31.6 Å². The lowest BCUT2D eigenvalue weighted by Gasteiger charge is -2.19. The van der Waals surface area contributed by atoms with Crippen LogP contribution >= 0.6 is 0 Å². The molecule has 3 heterocycles. The summed E-state index contributed by atoms with van der Waals surface area (Å²) in [4.78, 5) is 16.9. The lowest BCUT2D eigenvalue weighted by Crippen LogP contribution is -2.45. The lowest BCUT2D eigenvalue weighted by molar-refractivity contribution is 0.0898. The molecule has 8 heteroatoms. The van der Waals surface area contributed by atoms with Crippen LogP contribution in [-0.2, 0) is 11.8 Å². The van der Waals surface area contributed by atoms with E-state index in [9.17, 15) is 4.79 Å². The topological polar surface area (TPSA) is 91.4 Å². The molecule has 0 bridgehead atoms. The second kappa shape index (κ2) is 5.94. The molecule has 1 N–H and O–H groups in total. The van der Waals surface area contributed by atoms with Crippen molar-refractivity contribution in [2.45, 2.75) is 37.8 Å². The average molecular weight is 332 g/mol. The number of carbonyl (C=O) groups excluding carboxylic acids is 1. The number of rotatable bonds is 5. The summed E-state index contributed by atoms with van der Waals surface area (Å²) in [6.45, 7) is 2.59. The highest BCUT2D eigenvalue weighted by Crippen LogP contribution is 2.40. The standard InChI is InChI=1S/C16H20N4O4/c1-9-14(19-16(23-9)10-3-4-10)15(21)18-12-7-22-8-13(12)24-11-5-17-20(2)6-11/h5-6,10,12-13H,3-4,7-8H2,1-2H3,(H,18,21)/t12-,13+/m0/s1. The van der Waals surface area contributed by atoms with E-state index in [1.807, 2.05) is 7.05 Å². The molecule has 0 spiro atoms. The number of amides is 1. The Balaban J connectivity index is 1.42.